The SMILES string of the molecule is NN1CCN(C(=O)Nc2ccc(Cl)cc2)CC1. The van der Waals surface area contributed by atoms with E-state index in [1.54, 1.807) is 34.2 Å². The van der Waals surface area contributed by atoms with E-state index >= 15 is 0 Å². The van der Waals surface area contributed by atoms with Crippen molar-refractivity contribution < 1.29 is 4.79 Å². The van der Waals surface area contributed by atoms with Crippen LogP contribution in [-0.2, 0) is 0 Å². The molecular weight excluding hydrogens is 240 g/mol. The van der Waals surface area contributed by atoms with Gasteiger partial charge in [-0.2, -0.15) is 0 Å². The highest BCUT2D eigenvalue weighted by Crippen LogP contribution is 2.14. The Hall–Kier alpha value is -1.30. The number of nitrogens with one attached hydrogen (secondary N) is 1. The highest BCUT2D eigenvalue weighted by Gasteiger charge is 2.19. The van der Waals surface area contributed by atoms with E-state index < -0.39 is 0 Å². The van der Waals surface area contributed by atoms with Gasteiger partial charge in [-0.1, -0.05) is 11.6 Å². The largest absolute Gasteiger partial charge is 0.322 e. The number of hydrazine groups is 1. The fourth-order valence-electron chi connectivity index (χ4n) is 1.66. The van der Waals surface area contributed by atoms with E-state index in [1.807, 2.05) is 0 Å². The van der Waals surface area contributed by atoms with Crippen molar-refractivity contribution in [3.8, 4) is 0 Å². The van der Waals surface area contributed by atoms with Crippen LogP contribution >= 0.6 is 11.6 Å². The maximum Gasteiger partial charge on any atom is 0.321 e. The number of hydrogen-bond donors (Lipinski definition) is 2. The van der Waals surface area contributed by atoms with Gasteiger partial charge in [-0.15, -0.1) is 0 Å². The number of urea groups is 1. The first kappa shape index (κ1) is 12.2. The standard InChI is InChI=1S/C11H15ClN4O/c12-9-1-3-10(4-2-9)14-11(17)15-5-7-16(13)8-6-15/h1-4H,5-8,13H2,(H,14,17). The van der Waals surface area contributed by atoms with Crippen molar-refractivity contribution in [1.82, 2.24) is 9.91 Å². The summed E-state index contributed by atoms with van der Waals surface area (Å²) in [5, 5.41) is 5.19. The van der Waals surface area contributed by atoms with Gasteiger partial charge in [-0.05, 0) is 24.3 Å². The second-order valence-electron chi connectivity index (χ2n) is 3.96. The van der Waals surface area contributed by atoms with Gasteiger partial charge in [0.2, 0.25) is 0 Å². The Morgan fingerprint density at radius 2 is 1.76 bits per heavy atom. The molecule has 0 aliphatic carbocycles. The van der Waals surface area contributed by atoms with Crippen LogP contribution in [0.3, 0.4) is 0 Å². The molecule has 2 amide bonds. The zero-order valence-electron chi connectivity index (χ0n) is 9.40. The summed E-state index contributed by atoms with van der Waals surface area (Å²) in [7, 11) is 0. The Morgan fingerprint density at radius 3 is 2.35 bits per heavy atom. The molecule has 0 spiro atoms. The molecule has 0 saturated carbocycles. The number of carbonyl (C=O) groups is 1. The van der Waals surface area contributed by atoms with Crippen LogP contribution < -0.4 is 11.2 Å². The highest BCUT2D eigenvalue weighted by atomic mass is 35.5. The van der Waals surface area contributed by atoms with E-state index in [2.05, 4.69) is 5.32 Å². The van der Waals surface area contributed by atoms with E-state index in [9.17, 15) is 4.79 Å². The van der Waals surface area contributed by atoms with E-state index in [4.69, 9.17) is 17.4 Å². The molecule has 1 saturated heterocycles. The molecule has 1 fully saturated rings. The number of rotatable bonds is 1. The summed E-state index contributed by atoms with van der Waals surface area (Å²) >= 11 is 5.77. The molecule has 0 unspecified atom stereocenters. The van der Waals surface area contributed by atoms with Crippen LogP contribution in [0.25, 0.3) is 0 Å². The first-order chi connectivity index (χ1) is 8.15. The molecule has 0 atom stereocenters. The van der Waals surface area contributed by atoms with Crippen molar-refractivity contribution in [1.29, 1.82) is 0 Å². The Balaban J connectivity index is 1.90. The molecule has 1 aliphatic heterocycles. The van der Waals surface area contributed by atoms with Gasteiger partial charge in [-0.25, -0.2) is 9.80 Å². The van der Waals surface area contributed by atoms with Crippen LogP contribution in [0.15, 0.2) is 24.3 Å². The third-order valence-electron chi connectivity index (χ3n) is 2.70. The molecule has 1 aromatic rings. The zero-order chi connectivity index (χ0) is 12.3. The quantitative estimate of drug-likeness (QED) is 0.744. The summed E-state index contributed by atoms with van der Waals surface area (Å²) in [6.07, 6.45) is 0. The Bertz CT molecular complexity index is 387. The molecule has 0 aromatic heterocycles. The van der Waals surface area contributed by atoms with Crippen LogP contribution in [-0.4, -0.2) is 42.1 Å². The summed E-state index contributed by atoms with van der Waals surface area (Å²) in [6.45, 7) is 2.70. The molecule has 1 aliphatic rings. The van der Waals surface area contributed by atoms with Gasteiger partial charge in [0.05, 0.1) is 0 Å². The van der Waals surface area contributed by atoms with Gasteiger partial charge in [0, 0.05) is 36.9 Å². The number of piperazine rings is 1. The Labute approximate surface area is 105 Å². The number of nitrogens with zero attached hydrogens (tertiary/aromatic N) is 2. The molecule has 6 heteroatoms. The van der Waals surface area contributed by atoms with E-state index in [-0.39, 0.29) is 6.03 Å². The van der Waals surface area contributed by atoms with E-state index in [0.29, 0.717) is 31.2 Å². The van der Waals surface area contributed by atoms with Gasteiger partial charge in [0.15, 0.2) is 0 Å². The number of nitrogens with two attached hydrogens (primary N) is 1. The van der Waals surface area contributed by atoms with Crippen LogP contribution in [0.5, 0.6) is 0 Å². The molecule has 1 heterocycles. The van der Waals surface area contributed by atoms with Crippen molar-refractivity contribution in [2.45, 2.75) is 0 Å². The van der Waals surface area contributed by atoms with Crippen LogP contribution in [0, 0.1) is 0 Å². The predicted octanol–water partition coefficient (Wildman–Crippen LogP) is 1.36. The lowest BCUT2D eigenvalue weighted by atomic mass is 10.3. The maximum absolute atomic E-state index is 11.9. The van der Waals surface area contributed by atoms with Gasteiger partial charge < -0.3 is 10.2 Å². The van der Waals surface area contributed by atoms with Crippen LogP contribution in [0.4, 0.5) is 10.5 Å². The van der Waals surface area contributed by atoms with Gasteiger partial charge in [0.1, 0.15) is 0 Å². The predicted molar refractivity (Wildman–Crippen MR) is 67.8 cm³/mol. The first-order valence-electron chi connectivity index (χ1n) is 5.46. The molecule has 92 valence electrons. The van der Waals surface area contributed by atoms with Gasteiger partial charge >= 0.3 is 6.03 Å². The minimum atomic E-state index is -0.0968. The molecule has 5 nitrogen and oxygen atoms in total. The summed E-state index contributed by atoms with van der Waals surface area (Å²) in [5.41, 5.74) is 0.745. The normalized spacial score (nSPS) is 16.9. The smallest absolute Gasteiger partial charge is 0.321 e. The highest BCUT2D eigenvalue weighted by molar-refractivity contribution is 6.30. The van der Waals surface area contributed by atoms with E-state index in [0.717, 1.165) is 5.69 Å². The van der Waals surface area contributed by atoms with Crippen molar-refractivity contribution in [3.05, 3.63) is 29.3 Å². The topological polar surface area (TPSA) is 61.6 Å². The lowest BCUT2D eigenvalue weighted by Gasteiger charge is -2.31. The molecule has 3 N–H and O–H groups in total. The first-order valence-corrected chi connectivity index (χ1v) is 5.84. The summed E-state index contributed by atoms with van der Waals surface area (Å²) < 4.78 is 0. The monoisotopic (exact) mass is 254 g/mol. The number of halogens is 1. The summed E-state index contributed by atoms with van der Waals surface area (Å²) in [4.78, 5) is 13.6. The fourth-order valence-corrected chi connectivity index (χ4v) is 1.79. The second kappa shape index (κ2) is 5.35. The average molecular weight is 255 g/mol. The number of benzene rings is 1. The molecule has 0 radical (unpaired) electrons. The van der Waals surface area contributed by atoms with Crippen molar-refractivity contribution >= 4 is 23.3 Å². The third kappa shape index (κ3) is 3.33. The van der Waals surface area contributed by atoms with Crippen LogP contribution in [0.2, 0.25) is 5.02 Å². The molecule has 0 bridgehead atoms. The molecule has 17 heavy (non-hydrogen) atoms. The zero-order valence-corrected chi connectivity index (χ0v) is 10.2. The summed E-state index contributed by atoms with van der Waals surface area (Å²) in [5.74, 6) is 5.63. The van der Waals surface area contributed by atoms with Gasteiger partial charge in [-0.3, -0.25) is 5.84 Å². The number of carbonyl (C=O) groups excluding carboxylic acids is 1. The molecular formula is C11H15ClN4O. The van der Waals surface area contributed by atoms with Crippen molar-refractivity contribution in [2.75, 3.05) is 31.5 Å². The lowest BCUT2D eigenvalue weighted by molar-refractivity contribution is 0.149. The third-order valence-corrected chi connectivity index (χ3v) is 2.95. The van der Waals surface area contributed by atoms with Crippen molar-refractivity contribution in [3.63, 3.8) is 0 Å². The minimum absolute atomic E-state index is 0.0968. The molecule has 1 aromatic carbocycles. The Kier molecular flexibility index (Phi) is 3.83. The fraction of sp³-hybridized carbons (Fsp3) is 0.364. The van der Waals surface area contributed by atoms with Crippen LogP contribution in [0.1, 0.15) is 0 Å². The Morgan fingerprint density at radius 1 is 1.18 bits per heavy atom. The van der Waals surface area contributed by atoms with E-state index in [1.165, 1.54) is 0 Å². The van der Waals surface area contributed by atoms with Crippen molar-refractivity contribution in [2.24, 2.45) is 5.84 Å². The second-order valence-corrected chi connectivity index (χ2v) is 4.40. The average Bonchev–Trinajstić information content (AvgIpc) is 2.33. The minimum Gasteiger partial charge on any atom is -0.322 e. The van der Waals surface area contributed by atoms with Gasteiger partial charge in [0.25, 0.3) is 0 Å². The molecule has 2 rings (SSSR count). The number of hydrogen-bond acceptors (Lipinski definition) is 3. The number of amides is 2. The summed E-state index contributed by atoms with van der Waals surface area (Å²) in [6, 6.07) is 6.95. The lowest BCUT2D eigenvalue weighted by Crippen LogP contribution is -2.52. The number of anilines is 1. The maximum atomic E-state index is 11.9.